The maximum absolute atomic E-state index is 5.69. The van der Waals surface area contributed by atoms with E-state index in [9.17, 15) is 0 Å². The molecule has 3 aliphatic heterocycles. The first-order valence-corrected chi connectivity index (χ1v) is 11.3. The minimum atomic E-state index is 0. The van der Waals surface area contributed by atoms with E-state index in [1.54, 1.807) is 0 Å². The van der Waals surface area contributed by atoms with E-state index in [-0.39, 0.29) is 29.4 Å². The Balaban J connectivity index is 0.00000256. The third-order valence-electron chi connectivity index (χ3n) is 6.73. The second-order valence-corrected chi connectivity index (χ2v) is 8.47. The molecule has 0 radical (unpaired) electrons. The van der Waals surface area contributed by atoms with Crippen LogP contribution in [-0.2, 0) is 14.9 Å². The van der Waals surface area contributed by atoms with Gasteiger partial charge in [0.05, 0.1) is 19.8 Å². The molecular formula is C23H37IN4O2. The van der Waals surface area contributed by atoms with Gasteiger partial charge in [0.1, 0.15) is 0 Å². The number of likely N-dealkylation sites (tertiary alicyclic amines) is 1. The number of hydrogen-bond donors (Lipinski definition) is 1. The quantitative estimate of drug-likeness (QED) is 0.362. The van der Waals surface area contributed by atoms with Crippen molar-refractivity contribution in [3.63, 3.8) is 0 Å². The molecule has 0 spiro atoms. The lowest BCUT2D eigenvalue weighted by molar-refractivity contribution is 0.0194. The SMILES string of the molecule is CCNC(=NCC1(c2ccccc2)CCOCC1)N1CCC(N2CCOCC2)C1.I. The van der Waals surface area contributed by atoms with Crippen LogP contribution in [-0.4, -0.2) is 87.5 Å². The van der Waals surface area contributed by atoms with E-state index in [1.165, 1.54) is 12.0 Å². The van der Waals surface area contributed by atoms with Crippen molar-refractivity contribution in [3.8, 4) is 0 Å². The maximum Gasteiger partial charge on any atom is 0.193 e. The van der Waals surface area contributed by atoms with Crippen LogP contribution in [0.25, 0.3) is 0 Å². The van der Waals surface area contributed by atoms with Crippen LogP contribution in [0.5, 0.6) is 0 Å². The van der Waals surface area contributed by atoms with Crippen LogP contribution in [0.15, 0.2) is 35.3 Å². The van der Waals surface area contributed by atoms with Crippen LogP contribution in [0.4, 0.5) is 0 Å². The van der Waals surface area contributed by atoms with Gasteiger partial charge in [-0.25, -0.2) is 0 Å². The number of ether oxygens (including phenoxy) is 2. The fourth-order valence-electron chi connectivity index (χ4n) is 4.92. The summed E-state index contributed by atoms with van der Waals surface area (Å²) >= 11 is 0. The molecule has 3 saturated heterocycles. The van der Waals surface area contributed by atoms with Gasteiger partial charge in [0, 0.05) is 57.4 Å². The minimum absolute atomic E-state index is 0. The van der Waals surface area contributed by atoms with Crippen molar-refractivity contribution in [2.24, 2.45) is 4.99 Å². The third-order valence-corrected chi connectivity index (χ3v) is 6.73. The fraction of sp³-hybridized carbons (Fsp3) is 0.696. The van der Waals surface area contributed by atoms with Gasteiger partial charge in [-0.3, -0.25) is 9.89 Å². The Morgan fingerprint density at radius 1 is 1.07 bits per heavy atom. The van der Waals surface area contributed by atoms with Gasteiger partial charge in [-0.2, -0.15) is 0 Å². The van der Waals surface area contributed by atoms with Gasteiger partial charge in [-0.15, -0.1) is 24.0 Å². The number of hydrogen-bond acceptors (Lipinski definition) is 4. The summed E-state index contributed by atoms with van der Waals surface area (Å²) in [6.45, 7) is 11.5. The Bertz CT molecular complexity index is 660. The lowest BCUT2D eigenvalue weighted by Gasteiger charge is -2.37. The van der Waals surface area contributed by atoms with Crippen molar-refractivity contribution in [1.82, 2.24) is 15.1 Å². The molecule has 30 heavy (non-hydrogen) atoms. The van der Waals surface area contributed by atoms with E-state index in [0.29, 0.717) is 6.04 Å². The van der Waals surface area contributed by atoms with Crippen LogP contribution in [0.2, 0.25) is 0 Å². The molecule has 3 fully saturated rings. The number of morpholine rings is 1. The summed E-state index contributed by atoms with van der Waals surface area (Å²) in [6, 6.07) is 11.5. The van der Waals surface area contributed by atoms with E-state index in [2.05, 4.69) is 52.4 Å². The molecule has 168 valence electrons. The van der Waals surface area contributed by atoms with E-state index in [4.69, 9.17) is 14.5 Å². The molecule has 0 amide bonds. The first kappa shape index (κ1) is 23.8. The summed E-state index contributed by atoms with van der Waals surface area (Å²) in [5, 5.41) is 3.56. The molecule has 0 bridgehead atoms. The lowest BCUT2D eigenvalue weighted by atomic mass is 9.74. The standard InChI is InChI=1S/C23H36N4O2.HI/c1-2-24-22(27-11-8-21(18-27)26-12-16-29-17-13-26)25-19-23(9-14-28-15-10-23)20-6-4-3-5-7-20;/h3-7,21H,2,8-19H2,1H3,(H,24,25);1H. The largest absolute Gasteiger partial charge is 0.381 e. The minimum Gasteiger partial charge on any atom is -0.381 e. The highest BCUT2D eigenvalue weighted by molar-refractivity contribution is 14.0. The molecule has 0 saturated carbocycles. The summed E-state index contributed by atoms with van der Waals surface area (Å²) in [4.78, 5) is 10.2. The average Bonchev–Trinajstić information content (AvgIpc) is 3.29. The summed E-state index contributed by atoms with van der Waals surface area (Å²) < 4.78 is 11.2. The van der Waals surface area contributed by atoms with Crippen molar-refractivity contribution in [2.45, 2.75) is 37.6 Å². The predicted octanol–water partition coefficient (Wildman–Crippen LogP) is 2.72. The molecule has 1 unspecified atom stereocenters. The van der Waals surface area contributed by atoms with Gasteiger partial charge >= 0.3 is 0 Å². The maximum atomic E-state index is 5.69. The highest BCUT2D eigenvalue weighted by atomic mass is 127. The van der Waals surface area contributed by atoms with Crippen LogP contribution in [0.1, 0.15) is 31.7 Å². The predicted molar refractivity (Wildman–Crippen MR) is 132 cm³/mol. The third kappa shape index (κ3) is 5.66. The zero-order valence-corrected chi connectivity index (χ0v) is 20.6. The summed E-state index contributed by atoms with van der Waals surface area (Å²) in [7, 11) is 0. The number of nitrogens with one attached hydrogen (secondary N) is 1. The fourth-order valence-corrected chi connectivity index (χ4v) is 4.92. The Kier molecular flexibility index (Phi) is 9.22. The molecule has 4 rings (SSSR count). The number of halogens is 1. The number of aliphatic imine (C=N–C) groups is 1. The normalized spacial score (nSPS) is 25.0. The second kappa shape index (κ2) is 11.6. The summed E-state index contributed by atoms with van der Waals surface area (Å²) in [5.41, 5.74) is 1.49. The first-order chi connectivity index (χ1) is 14.3. The average molecular weight is 528 g/mol. The molecule has 1 atom stereocenters. The molecule has 0 aromatic heterocycles. The number of rotatable bonds is 5. The highest BCUT2D eigenvalue weighted by Crippen LogP contribution is 2.35. The van der Waals surface area contributed by atoms with Gasteiger partial charge in [0.15, 0.2) is 5.96 Å². The number of benzene rings is 1. The van der Waals surface area contributed by atoms with Gasteiger partial charge in [-0.1, -0.05) is 30.3 Å². The molecule has 3 heterocycles. The summed E-state index contributed by atoms with van der Waals surface area (Å²) in [5.74, 6) is 1.07. The van der Waals surface area contributed by atoms with Gasteiger partial charge in [-0.05, 0) is 31.7 Å². The van der Waals surface area contributed by atoms with Gasteiger partial charge in [0.25, 0.3) is 0 Å². The van der Waals surface area contributed by atoms with Gasteiger partial charge in [0.2, 0.25) is 0 Å². The molecule has 7 heteroatoms. The van der Waals surface area contributed by atoms with Crippen molar-refractivity contribution in [1.29, 1.82) is 0 Å². The Morgan fingerprint density at radius 3 is 2.47 bits per heavy atom. The van der Waals surface area contributed by atoms with Crippen LogP contribution >= 0.6 is 24.0 Å². The molecular weight excluding hydrogens is 491 g/mol. The van der Waals surface area contributed by atoms with Crippen molar-refractivity contribution < 1.29 is 9.47 Å². The van der Waals surface area contributed by atoms with Crippen molar-refractivity contribution >= 4 is 29.9 Å². The Hall–Kier alpha value is -0.900. The molecule has 6 nitrogen and oxygen atoms in total. The van der Waals surface area contributed by atoms with Crippen molar-refractivity contribution in [3.05, 3.63) is 35.9 Å². The number of guanidine groups is 1. The van der Waals surface area contributed by atoms with E-state index >= 15 is 0 Å². The monoisotopic (exact) mass is 528 g/mol. The smallest absolute Gasteiger partial charge is 0.193 e. The molecule has 1 aromatic carbocycles. The van der Waals surface area contributed by atoms with E-state index in [0.717, 1.165) is 84.5 Å². The zero-order valence-electron chi connectivity index (χ0n) is 18.2. The number of nitrogens with zero attached hydrogens (tertiary/aromatic N) is 3. The van der Waals surface area contributed by atoms with Crippen molar-refractivity contribution in [2.75, 3.05) is 65.7 Å². The molecule has 3 aliphatic rings. The van der Waals surface area contributed by atoms with E-state index in [1.807, 2.05) is 0 Å². The Labute approximate surface area is 198 Å². The molecule has 0 aliphatic carbocycles. The first-order valence-electron chi connectivity index (χ1n) is 11.3. The second-order valence-electron chi connectivity index (χ2n) is 8.47. The van der Waals surface area contributed by atoms with Crippen LogP contribution in [0.3, 0.4) is 0 Å². The van der Waals surface area contributed by atoms with E-state index < -0.39 is 0 Å². The van der Waals surface area contributed by atoms with Crippen LogP contribution in [0, 0.1) is 0 Å². The molecule has 1 aromatic rings. The Morgan fingerprint density at radius 2 is 1.77 bits per heavy atom. The topological polar surface area (TPSA) is 49.3 Å². The lowest BCUT2D eigenvalue weighted by Crippen LogP contribution is -2.47. The summed E-state index contributed by atoms with van der Waals surface area (Å²) in [6.07, 6.45) is 3.29. The molecule has 1 N–H and O–H groups in total. The van der Waals surface area contributed by atoms with Crippen LogP contribution < -0.4 is 5.32 Å². The zero-order chi connectivity index (χ0) is 19.9. The highest BCUT2D eigenvalue weighted by Gasteiger charge is 2.35. The van der Waals surface area contributed by atoms with Gasteiger partial charge < -0.3 is 19.7 Å².